The van der Waals surface area contributed by atoms with Gasteiger partial charge in [-0.3, -0.25) is 9.59 Å². The maximum atomic E-state index is 11.6. The van der Waals surface area contributed by atoms with Gasteiger partial charge in [0.1, 0.15) is 0 Å². The Kier molecular flexibility index (Phi) is 19.2. The molecule has 156 valence electrons. The fourth-order valence-electron chi connectivity index (χ4n) is 2.28. The number of carbonyl (C=O) groups excluding carboxylic acids is 2. The smallest absolute Gasteiger partial charge is 0.220 e. The molecule has 0 aliphatic carbocycles. The largest absolute Gasteiger partial charge is 0.355 e. The van der Waals surface area contributed by atoms with Gasteiger partial charge in [-0.2, -0.15) is 0 Å². The molecule has 0 rings (SSSR count). The van der Waals surface area contributed by atoms with Crippen LogP contribution in [0.1, 0.15) is 65.2 Å². The van der Waals surface area contributed by atoms with Gasteiger partial charge in [-0.25, -0.2) is 0 Å². The summed E-state index contributed by atoms with van der Waals surface area (Å²) < 4.78 is 0. The molecule has 4 nitrogen and oxygen atoms in total. The zero-order valence-electron chi connectivity index (χ0n) is 17.7. The van der Waals surface area contributed by atoms with Gasteiger partial charge in [0.2, 0.25) is 11.8 Å². The van der Waals surface area contributed by atoms with Crippen molar-refractivity contribution in [2.45, 2.75) is 65.2 Å². The van der Waals surface area contributed by atoms with E-state index < -0.39 is 0 Å². The number of nitrogens with one attached hydrogen (secondary N) is 2. The summed E-state index contributed by atoms with van der Waals surface area (Å²) in [4.78, 5) is 22.3. The normalized spacial score (nSPS) is 12.2. The number of rotatable bonds is 16. The number of carbonyl (C=O) groups is 2. The molecular weight excluding hydrogens is 348 g/mol. The summed E-state index contributed by atoms with van der Waals surface area (Å²) in [7, 11) is 0. The molecule has 0 heterocycles. The Balaban J connectivity index is 3.51. The molecule has 0 unspecified atom stereocenters. The van der Waals surface area contributed by atoms with Crippen LogP contribution in [0.4, 0.5) is 0 Å². The van der Waals surface area contributed by atoms with E-state index in [0.29, 0.717) is 19.5 Å². The molecular formula is C24H38N2O2. The van der Waals surface area contributed by atoms with E-state index in [9.17, 15) is 9.59 Å². The summed E-state index contributed by atoms with van der Waals surface area (Å²) in [5.74, 6) is -0.0367. The van der Waals surface area contributed by atoms with E-state index >= 15 is 0 Å². The number of amides is 2. The molecule has 0 fully saturated rings. The van der Waals surface area contributed by atoms with Crippen LogP contribution in [0.3, 0.4) is 0 Å². The van der Waals surface area contributed by atoms with Gasteiger partial charge >= 0.3 is 0 Å². The van der Waals surface area contributed by atoms with Crippen molar-refractivity contribution in [1.82, 2.24) is 10.6 Å². The van der Waals surface area contributed by atoms with E-state index in [0.717, 1.165) is 44.9 Å². The van der Waals surface area contributed by atoms with Gasteiger partial charge < -0.3 is 10.6 Å². The summed E-state index contributed by atoms with van der Waals surface area (Å²) in [5.41, 5.74) is 0. The van der Waals surface area contributed by atoms with Crippen molar-refractivity contribution in [1.29, 1.82) is 0 Å². The number of allylic oxidation sites excluding steroid dienone is 10. The van der Waals surface area contributed by atoms with Crippen molar-refractivity contribution < 1.29 is 9.59 Å². The third kappa shape index (κ3) is 21.7. The van der Waals surface area contributed by atoms with Crippen molar-refractivity contribution in [3.05, 3.63) is 60.8 Å². The Morgan fingerprint density at radius 2 is 1.14 bits per heavy atom. The molecule has 2 N–H and O–H groups in total. The molecule has 0 saturated heterocycles. The fraction of sp³-hybridized carbons (Fsp3) is 0.500. The number of unbranched alkanes of at least 4 members (excludes halogenated alkanes) is 1. The van der Waals surface area contributed by atoms with Crippen LogP contribution in [0.15, 0.2) is 60.8 Å². The highest BCUT2D eigenvalue weighted by Gasteiger charge is 1.99. The zero-order valence-corrected chi connectivity index (χ0v) is 17.7. The summed E-state index contributed by atoms with van der Waals surface area (Å²) in [5, 5.41) is 5.44. The predicted octanol–water partition coefficient (Wildman–Crippen LogP) is 5.16. The molecule has 0 bridgehead atoms. The van der Waals surface area contributed by atoms with E-state index in [1.54, 1.807) is 0 Å². The molecule has 28 heavy (non-hydrogen) atoms. The van der Waals surface area contributed by atoms with Crippen LogP contribution in [0.25, 0.3) is 0 Å². The highest BCUT2D eigenvalue weighted by Crippen LogP contribution is 1.99. The lowest BCUT2D eigenvalue weighted by atomic mass is 10.2. The van der Waals surface area contributed by atoms with Crippen LogP contribution in [0.5, 0.6) is 0 Å². The van der Waals surface area contributed by atoms with E-state index in [1.165, 1.54) is 6.92 Å². The monoisotopic (exact) mass is 386 g/mol. The molecule has 0 aliphatic rings. The molecule has 0 atom stereocenters. The summed E-state index contributed by atoms with van der Waals surface area (Å²) in [6.07, 6.45) is 29.1. The summed E-state index contributed by atoms with van der Waals surface area (Å²) in [6.45, 7) is 4.58. The van der Waals surface area contributed by atoms with E-state index in [4.69, 9.17) is 0 Å². The van der Waals surface area contributed by atoms with Gasteiger partial charge in [-0.1, -0.05) is 67.7 Å². The first kappa shape index (κ1) is 25.6. The standard InChI is InChI=1S/C24H38N2O2/c1-3-4-5-6-7-8-9-10-11-12-13-14-15-16-17-18-19-20-24(28)26-22-21-25-23(2)27/h4-5,7-8,10-11,13-14,16-17H,3,6,9,12,15,18-22H2,1-2H3,(H,25,27)(H,26,28)/b5-4+,8-7+,11-10+,14-13+,17-16+. The van der Waals surface area contributed by atoms with Gasteiger partial charge in [0.25, 0.3) is 0 Å². The van der Waals surface area contributed by atoms with E-state index in [-0.39, 0.29) is 11.8 Å². The predicted molar refractivity (Wildman–Crippen MR) is 120 cm³/mol. The summed E-state index contributed by atoms with van der Waals surface area (Å²) >= 11 is 0. The topological polar surface area (TPSA) is 58.2 Å². The Hall–Kier alpha value is -2.36. The Morgan fingerprint density at radius 1 is 0.679 bits per heavy atom. The lowest BCUT2D eigenvalue weighted by molar-refractivity contribution is -0.122. The Morgan fingerprint density at radius 3 is 1.64 bits per heavy atom. The molecule has 0 spiro atoms. The van der Waals surface area contributed by atoms with E-state index in [1.807, 2.05) is 0 Å². The first-order valence-corrected chi connectivity index (χ1v) is 10.4. The van der Waals surface area contributed by atoms with Crippen LogP contribution in [-0.2, 0) is 9.59 Å². The fourth-order valence-corrected chi connectivity index (χ4v) is 2.28. The van der Waals surface area contributed by atoms with Crippen LogP contribution in [0.2, 0.25) is 0 Å². The van der Waals surface area contributed by atoms with Crippen LogP contribution in [0, 0.1) is 0 Å². The van der Waals surface area contributed by atoms with Crippen molar-refractivity contribution >= 4 is 11.8 Å². The average molecular weight is 387 g/mol. The van der Waals surface area contributed by atoms with Crippen LogP contribution < -0.4 is 10.6 Å². The lowest BCUT2D eigenvalue weighted by Crippen LogP contribution is -2.33. The SMILES string of the molecule is CC/C=C/C/C=C/C/C=C/C/C=C/C/C=C/CCCC(=O)NCCNC(C)=O. The third-order valence-electron chi connectivity index (χ3n) is 3.75. The molecule has 0 aromatic rings. The molecule has 0 aromatic heterocycles. The molecule has 4 heteroatoms. The quantitative estimate of drug-likeness (QED) is 0.284. The van der Waals surface area contributed by atoms with Gasteiger partial charge in [0.05, 0.1) is 0 Å². The van der Waals surface area contributed by atoms with Crippen LogP contribution >= 0.6 is 0 Å². The molecule has 0 radical (unpaired) electrons. The minimum Gasteiger partial charge on any atom is -0.355 e. The molecule has 0 aliphatic heterocycles. The molecule has 2 amide bonds. The Bertz CT molecular complexity index is 543. The maximum absolute atomic E-state index is 11.6. The van der Waals surface area contributed by atoms with Crippen molar-refractivity contribution in [3.63, 3.8) is 0 Å². The highest BCUT2D eigenvalue weighted by molar-refractivity contribution is 5.76. The van der Waals surface area contributed by atoms with Crippen LogP contribution in [-0.4, -0.2) is 24.9 Å². The van der Waals surface area contributed by atoms with Gasteiger partial charge in [-0.05, 0) is 44.9 Å². The van der Waals surface area contributed by atoms with Gasteiger partial charge in [0.15, 0.2) is 0 Å². The molecule has 0 aromatic carbocycles. The second kappa shape index (κ2) is 20.9. The van der Waals surface area contributed by atoms with Gasteiger partial charge in [0, 0.05) is 26.4 Å². The van der Waals surface area contributed by atoms with Crippen molar-refractivity contribution in [2.75, 3.05) is 13.1 Å². The second-order valence-electron chi connectivity index (χ2n) is 6.43. The number of hydrogen-bond acceptors (Lipinski definition) is 2. The third-order valence-corrected chi connectivity index (χ3v) is 3.75. The lowest BCUT2D eigenvalue weighted by Gasteiger charge is -2.04. The van der Waals surface area contributed by atoms with Gasteiger partial charge in [-0.15, -0.1) is 0 Å². The van der Waals surface area contributed by atoms with Crippen molar-refractivity contribution in [2.24, 2.45) is 0 Å². The average Bonchev–Trinajstić information content (AvgIpc) is 2.67. The van der Waals surface area contributed by atoms with E-state index in [2.05, 4.69) is 78.3 Å². The second-order valence-corrected chi connectivity index (χ2v) is 6.43. The Labute approximate surface area is 171 Å². The minimum absolute atomic E-state index is 0.0395. The van der Waals surface area contributed by atoms with Crippen molar-refractivity contribution in [3.8, 4) is 0 Å². The zero-order chi connectivity index (χ0) is 20.7. The highest BCUT2D eigenvalue weighted by atomic mass is 16.2. The molecule has 0 saturated carbocycles. The summed E-state index contributed by atoms with van der Waals surface area (Å²) in [6, 6.07) is 0. The first-order valence-electron chi connectivity index (χ1n) is 10.4. The minimum atomic E-state index is -0.0763. The first-order chi connectivity index (χ1) is 13.7. The number of hydrogen-bond donors (Lipinski definition) is 2. The maximum Gasteiger partial charge on any atom is 0.220 e.